The minimum atomic E-state index is -1.77. The standard InChI is InChI=1S/C23H34N4O8/c1-12(2)9-15(24)20(31)25-16(10-14-7-5-4-6-8-14)21(32)27-19(13(3)28)22(33)26-17(23(34)35)11-18(29)30/h4-8,12-13,15-17,19,28H,9-11,24H2,1-3H3,(H,25,31)(H,26,33)(H,27,32)(H,29,30)(H,34,35). The number of aliphatic hydroxyl groups is 1. The van der Waals surface area contributed by atoms with Crippen molar-refractivity contribution >= 4 is 29.7 Å². The van der Waals surface area contributed by atoms with Crippen molar-refractivity contribution in [3.63, 3.8) is 0 Å². The quantitative estimate of drug-likeness (QED) is 0.169. The summed E-state index contributed by atoms with van der Waals surface area (Å²) >= 11 is 0. The Morgan fingerprint density at radius 1 is 0.857 bits per heavy atom. The molecule has 0 aliphatic carbocycles. The van der Waals surface area contributed by atoms with Crippen molar-refractivity contribution < 1.29 is 39.3 Å². The molecular weight excluding hydrogens is 460 g/mol. The van der Waals surface area contributed by atoms with Gasteiger partial charge in [-0.25, -0.2) is 4.79 Å². The number of nitrogens with two attached hydrogens (primary N) is 1. The molecule has 0 aliphatic heterocycles. The van der Waals surface area contributed by atoms with Gasteiger partial charge in [-0.2, -0.15) is 0 Å². The molecule has 0 aromatic heterocycles. The number of aliphatic hydroxyl groups excluding tert-OH is 1. The molecule has 0 fully saturated rings. The van der Waals surface area contributed by atoms with Gasteiger partial charge in [0.1, 0.15) is 18.1 Å². The van der Waals surface area contributed by atoms with Crippen LogP contribution < -0.4 is 21.7 Å². The molecule has 1 aromatic rings. The number of carbonyl (C=O) groups is 5. The Balaban J connectivity index is 3.07. The SMILES string of the molecule is CC(C)CC(N)C(=O)NC(Cc1ccccc1)C(=O)NC(C(=O)NC(CC(=O)O)C(=O)O)C(C)O. The number of carboxylic acid groups (broad SMARTS) is 2. The van der Waals surface area contributed by atoms with Crippen molar-refractivity contribution in [2.24, 2.45) is 11.7 Å². The molecule has 35 heavy (non-hydrogen) atoms. The van der Waals surface area contributed by atoms with Crippen LogP contribution in [0.2, 0.25) is 0 Å². The zero-order chi connectivity index (χ0) is 26.7. The highest BCUT2D eigenvalue weighted by atomic mass is 16.4. The maximum Gasteiger partial charge on any atom is 0.326 e. The molecule has 3 amide bonds. The predicted molar refractivity (Wildman–Crippen MR) is 125 cm³/mol. The third-order valence-corrected chi connectivity index (χ3v) is 5.03. The Kier molecular flexibility index (Phi) is 11.8. The Hall–Kier alpha value is -3.51. The summed E-state index contributed by atoms with van der Waals surface area (Å²) < 4.78 is 0. The fraction of sp³-hybridized carbons (Fsp3) is 0.522. The molecule has 0 bridgehead atoms. The Morgan fingerprint density at radius 3 is 1.91 bits per heavy atom. The van der Waals surface area contributed by atoms with E-state index in [0.717, 1.165) is 0 Å². The van der Waals surface area contributed by atoms with Gasteiger partial charge >= 0.3 is 11.9 Å². The van der Waals surface area contributed by atoms with E-state index in [0.29, 0.717) is 12.0 Å². The van der Waals surface area contributed by atoms with Gasteiger partial charge in [-0.15, -0.1) is 0 Å². The van der Waals surface area contributed by atoms with Gasteiger partial charge in [0.25, 0.3) is 0 Å². The lowest BCUT2D eigenvalue weighted by Crippen LogP contribution is -2.60. The largest absolute Gasteiger partial charge is 0.481 e. The first-order chi connectivity index (χ1) is 16.3. The molecular formula is C23H34N4O8. The molecule has 0 saturated heterocycles. The number of amides is 3. The third kappa shape index (κ3) is 10.5. The molecule has 0 radical (unpaired) electrons. The van der Waals surface area contributed by atoms with Crippen LogP contribution in [0.4, 0.5) is 0 Å². The number of carboxylic acids is 2. The minimum Gasteiger partial charge on any atom is -0.481 e. The Labute approximate surface area is 203 Å². The van der Waals surface area contributed by atoms with Gasteiger partial charge in [-0.05, 0) is 24.8 Å². The maximum absolute atomic E-state index is 13.1. The molecule has 0 heterocycles. The first kappa shape index (κ1) is 29.5. The summed E-state index contributed by atoms with van der Waals surface area (Å²) in [6.45, 7) is 4.98. The summed E-state index contributed by atoms with van der Waals surface area (Å²) in [5.74, 6) is -5.40. The fourth-order valence-electron chi connectivity index (χ4n) is 3.25. The molecule has 1 aromatic carbocycles. The van der Waals surface area contributed by atoms with Crippen LogP contribution in [-0.4, -0.2) is 75.3 Å². The summed E-state index contributed by atoms with van der Waals surface area (Å²) in [6.07, 6.45) is -1.93. The van der Waals surface area contributed by atoms with E-state index < -0.39 is 66.4 Å². The van der Waals surface area contributed by atoms with E-state index in [2.05, 4.69) is 10.6 Å². The van der Waals surface area contributed by atoms with Crippen LogP contribution in [0.3, 0.4) is 0 Å². The van der Waals surface area contributed by atoms with Crippen LogP contribution in [0.5, 0.6) is 0 Å². The van der Waals surface area contributed by atoms with E-state index >= 15 is 0 Å². The van der Waals surface area contributed by atoms with Crippen molar-refractivity contribution in [2.45, 2.75) is 70.3 Å². The summed E-state index contributed by atoms with van der Waals surface area (Å²) in [6, 6.07) is 3.33. The summed E-state index contributed by atoms with van der Waals surface area (Å²) in [7, 11) is 0. The highest BCUT2D eigenvalue weighted by molar-refractivity contribution is 5.95. The number of aliphatic carboxylic acids is 2. The zero-order valence-corrected chi connectivity index (χ0v) is 19.9. The zero-order valence-electron chi connectivity index (χ0n) is 19.9. The molecule has 8 N–H and O–H groups in total. The first-order valence-corrected chi connectivity index (χ1v) is 11.1. The molecule has 5 unspecified atom stereocenters. The van der Waals surface area contributed by atoms with Gasteiger partial charge in [-0.3, -0.25) is 19.2 Å². The lowest BCUT2D eigenvalue weighted by Gasteiger charge is -2.26. The van der Waals surface area contributed by atoms with Gasteiger partial charge in [-0.1, -0.05) is 44.2 Å². The number of carbonyl (C=O) groups excluding carboxylic acids is 3. The van der Waals surface area contributed by atoms with Crippen molar-refractivity contribution in [3.8, 4) is 0 Å². The highest BCUT2D eigenvalue weighted by Gasteiger charge is 2.33. The number of rotatable bonds is 14. The molecule has 0 saturated carbocycles. The van der Waals surface area contributed by atoms with E-state index in [4.69, 9.17) is 15.9 Å². The van der Waals surface area contributed by atoms with E-state index in [9.17, 15) is 29.1 Å². The summed E-state index contributed by atoms with van der Waals surface area (Å²) in [5.41, 5.74) is 6.63. The summed E-state index contributed by atoms with van der Waals surface area (Å²) in [4.78, 5) is 60.4. The second kappa shape index (κ2) is 14.0. The number of benzene rings is 1. The van der Waals surface area contributed by atoms with E-state index in [1.165, 1.54) is 6.92 Å². The van der Waals surface area contributed by atoms with Crippen LogP contribution in [0, 0.1) is 5.92 Å². The maximum atomic E-state index is 13.1. The van der Waals surface area contributed by atoms with Crippen LogP contribution in [-0.2, 0) is 30.4 Å². The van der Waals surface area contributed by atoms with Crippen LogP contribution in [0.25, 0.3) is 0 Å². The van der Waals surface area contributed by atoms with Gasteiger partial charge < -0.3 is 37.0 Å². The van der Waals surface area contributed by atoms with Gasteiger partial charge in [0.15, 0.2) is 0 Å². The molecule has 12 nitrogen and oxygen atoms in total. The van der Waals surface area contributed by atoms with Crippen molar-refractivity contribution in [3.05, 3.63) is 35.9 Å². The monoisotopic (exact) mass is 494 g/mol. The molecule has 1 rings (SSSR count). The van der Waals surface area contributed by atoms with Crippen molar-refractivity contribution in [1.82, 2.24) is 16.0 Å². The third-order valence-electron chi connectivity index (χ3n) is 5.03. The highest BCUT2D eigenvalue weighted by Crippen LogP contribution is 2.08. The Morgan fingerprint density at radius 2 is 1.43 bits per heavy atom. The Bertz CT molecular complexity index is 891. The molecule has 12 heteroatoms. The van der Waals surface area contributed by atoms with Gasteiger partial charge in [0, 0.05) is 6.42 Å². The molecule has 194 valence electrons. The van der Waals surface area contributed by atoms with E-state index in [1.54, 1.807) is 30.3 Å². The molecule has 5 atom stereocenters. The molecule has 0 spiro atoms. The lowest BCUT2D eigenvalue weighted by molar-refractivity contribution is -0.148. The summed E-state index contributed by atoms with van der Waals surface area (Å²) in [5, 5.41) is 35.0. The first-order valence-electron chi connectivity index (χ1n) is 11.1. The van der Waals surface area contributed by atoms with E-state index in [-0.39, 0.29) is 12.3 Å². The number of nitrogens with one attached hydrogen (secondary N) is 3. The normalized spacial score (nSPS) is 15.3. The molecule has 0 aliphatic rings. The van der Waals surface area contributed by atoms with Gasteiger partial charge in [0.2, 0.25) is 17.7 Å². The second-order valence-electron chi connectivity index (χ2n) is 8.71. The average Bonchev–Trinajstić information content (AvgIpc) is 2.75. The smallest absolute Gasteiger partial charge is 0.326 e. The minimum absolute atomic E-state index is 0.0533. The van der Waals surface area contributed by atoms with Gasteiger partial charge in [0.05, 0.1) is 18.6 Å². The van der Waals surface area contributed by atoms with Crippen molar-refractivity contribution in [1.29, 1.82) is 0 Å². The van der Waals surface area contributed by atoms with Crippen molar-refractivity contribution in [2.75, 3.05) is 0 Å². The second-order valence-corrected chi connectivity index (χ2v) is 8.71. The lowest BCUT2D eigenvalue weighted by atomic mass is 10.0. The van der Waals surface area contributed by atoms with E-state index in [1.807, 2.05) is 19.2 Å². The number of hydrogen-bond donors (Lipinski definition) is 7. The predicted octanol–water partition coefficient (Wildman–Crippen LogP) is -1.00. The van der Waals surface area contributed by atoms with Crippen LogP contribution >= 0.6 is 0 Å². The average molecular weight is 495 g/mol. The fourth-order valence-corrected chi connectivity index (χ4v) is 3.25. The number of hydrogen-bond acceptors (Lipinski definition) is 7. The van der Waals surface area contributed by atoms with Crippen LogP contribution in [0.15, 0.2) is 30.3 Å². The van der Waals surface area contributed by atoms with Crippen LogP contribution in [0.1, 0.15) is 39.2 Å². The topological polar surface area (TPSA) is 208 Å².